The summed E-state index contributed by atoms with van der Waals surface area (Å²) < 4.78 is 4.71. The molecular formula is C16H18O3. The van der Waals surface area contributed by atoms with E-state index in [0.29, 0.717) is 19.3 Å². The van der Waals surface area contributed by atoms with E-state index < -0.39 is 0 Å². The molecule has 1 unspecified atom stereocenters. The van der Waals surface area contributed by atoms with Crippen LogP contribution >= 0.6 is 0 Å². The van der Waals surface area contributed by atoms with Gasteiger partial charge < -0.3 is 4.74 Å². The maximum atomic E-state index is 11.4. The summed E-state index contributed by atoms with van der Waals surface area (Å²) >= 11 is 0. The van der Waals surface area contributed by atoms with E-state index in [0.717, 1.165) is 12.0 Å². The Morgan fingerprint density at radius 2 is 2.05 bits per heavy atom. The number of hydrogen-bond donors (Lipinski definition) is 0. The molecule has 0 bridgehead atoms. The van der Waals surface area contributed by atoms with Gasteiger partial charge in [-0.25, -0.2) is 0 Å². The average Bonchev–Trinajstić information content (AvgIpc) is 2.47. The third-order valence-electron chi connectivity index (χ3n) is 3.76. The van der Waals surface area contributed by atoms with Gasteiger partial charge in [-0.15, -0.1) is 0 Å². The molecule has 1 atom stereocenters. The van der Waals surface area contributed by atoms with Crippen molar-refractivity contribution in [3.05, 3.63) is 48.0 Å². The number of carbonyl (C=O) groups is 2. The Kier molecular flexibility index (Phi) is 4.15. The number of hydrogen-bond acceptors (Lipinski definition) is 3. The van der Waals surface area contributed by atoms with E-state index in [9.17, 15) is 9.59 Å². The lowest BCUT2D eigenvalue weighted by molar-refractivity contribution is -0.141. The monoisotopic (exact) mass is 258 g/mol. The van der Waals surface area contributed by atoms with E-state index in [1.807, 2.05) is 24.3 Å². The number of rotatable bonds is 4. The van der Waals surface area contributed by atoms with Crippen LogP contribution in [-0.4, -0.2) is 18.9 Å². The number of methoxy groups -OCH3 is 1. The molecule has 3 nitrogen and oxygen atoms in total. The molecule has 0 saturated heterocycles. The van der Waals surface area contributed by atoms with E-state index in [1.54, 1.807) is 6.08 Å². The molecule has 1 aliphatic carbocycles. The van der Waals surface area contributed by atoms with Crippen LogP contribution in [0, 0.1) is 0 Å². The van der Waals surface area contributed by atoms with Gasteiger partial charge in [0.25, 0.3) is 0 Å². The standard InChI is InChI=1S/C16H18O3/c1-19-15(18)9-12-16(10-7-14(17)8-11-16)13-5-3-2-4-6-13/h2-7,10H,8-9,11-12H2,1H3. The first-order chi connectivity index (χ1) is 9.16. The fraction of sp³-hybridized carbons (Fsp3) is 0.375. The first-order valence-corrected chi connectivity index (χ1v) is 6.51. The lowest BCUT2D eigenvalue weighted by Crippen LogP contribution is -2.29. The van der Waals surface area contributed by atoms with Gasteiger partial charge in [0, 0.05) is 18.3 Å². The normalized spacial score (nSPS) is 22.3. The fourth-order valence-electron chi connectivity index (χ4n) is 2.56. The number of ether oxygens (including phenoxy) is 1. The van der Waals surface area contributed by atoms with Crippen molar-refractivity contribution < 1.29 is 14.3 Å². The lowest BCUT2D eigenvalue weighted by atomic mass is 9.70. The zero-order valence-electron chi connectivity index (χ0n) is 11.1. The molecule has 2 rings (SSSR count). The highest BCUT2D eigenvalue weighted by molar-refractivity contribution is 5.91. The van der Waals surface area contributed by atoms with Gasteiger partial charge in [-0.1, -0.05) is 36.4 Å². The second-order valence-electron chi connectivity index (χ2n) is 4.90. The zero-order valence-corrected chi connectivity index (χ0v) is 11.1. The molecule has 0 amide bonds. The van der Waals surface area contributed by atoms with Gasteiger partial charge in [0.1, 0.15) is 0 Å². The topological polar surface area (TPSA) is 43.4 Å². The molecule has 0 spiro atoms. The van der Waals surface area contributed by atoms with Crippen LogP contribution in [0.4, 0.5) is 0 Å². The second kappa shape index (κ2) is 5.83. The second-order valence-corrected chi connectivity index (χ2v) is 4.90. The molecule has 0 aromatic heterocycles. The van der Waals surface area contributed by atoms with Crippen molar-refractivity contribution in [2.45, 2.75) is 31.1 Å². The minimum Gasteiger partial charge on any atom is -0.469 e. The van der Waals surface area contributed by atoms with E-state index >= 15 is 0 Å². The number of ketones is 1. The highest BCUT2D eigenvalue weighted by Gasteiger charge is 2.32. The van der Waals surface area contributed by atoms with Gasteiger partial charge in [0.2, 0.25) is 0 Å². The Hall–Kier alpha value is -1.90. The number of benzene rings is 1. The Bertz CT molecular complexity index is 490. The Labute approximate surface area is 113 Å². The van der Waals surface area contributed by atoms with Crippen LogP contribution in [-0.2, 0) is 19.7 Å². The number of esters is 1. The highest BCUT2D eigenvalue weighted by atomic mass is 16.5. The van der Waals surface area contributed by atoms with Crippen LogP contribution in [0.15, 0.2) is 42.5 Å². The fourth-order valence-corrected chi connectivity index (χ4v) is 2.56. The molecule has 0 radical (unpaired) electrons. The van der Waals surface area contributed by atoms with Crippen LogP contribution < -0.4 is 0 Å². The Morgan fingerprint density at radius 3 is 2.63 bits per heavy atom. The summed E-state index contributed by atoms with van der Waals surface area (Å²) in [6, 6.07) is 10.0. The predicted molar refractivity (Wildman–Crippen MR) is 72.8 cm³/mol. The summed E-state index contributed by atoms with van der Waals surface area (Å²) in [7, 11) is 1.40. The predicted octanol–water partition coefficient (Wildman–Crippen LogP) is 2.80. The van der Waals surface area contributed by atoms with E-state index in [1.165, 1.54) is 7.11 Å². The van der Waals surface area contributed by atoms with Crippen molar-refractivity contribution >= 4 is 11.8 Å². The maximum Gasteiger partial charge on any atom is 0.305 e. The molecule has 19 heavy (non-hydrogen) atoms. The van der Waals surface area contributed by atoms with E-state index in [2.05, 4.69) is 12.1 Å². The summed E-state index contributed by atoms with van der Waals surface area (Å²) in [5.74, 6) is -0.0507. The van der Waals surface area contributed by atoms with Gasteiger partial charge in [-0.2, -0.15) is 0 Å². The first kappa shape index (κ1) is 13.5. The Balaban J connectivity index is 2.26. The first-order valence-electron chi connectivity index (χ1n) is 6.51. The molecule has 3 heteroatoms. The molecular weight excluding hydrogens is 240 g/mol. The molecule has 1 aromatic carbocycles. The van der Waals surface area contributed by atoms with E-state index in [4.69, 9.17) is 4.74 Å². The van der Waals surface area contributed by atoms with Crippen molar-refractivity contribution in [1.82, 2.24) is 0 Å². The summed E-state index contributed by atoms with van der Waals surface area (Å²) in [5, 5.41) is 0. The summed E-state index contributed by atoms with van der Waals surface area (Å²) in [5.41, 5.74) is 0.936. The quantitative estimate of drug-likeness (QED) is 0.780. The molecule has 0 aliphatic heterocycles. The lowest BCUT2D eigenvalue weighted by Gasteiger charge is -2.33. The Morgan fingerprint density at radius 1 is 1.32 bits per heavy atom. The molecule has 1 aromatic rings. The van der Waals surface area contributed by atoms with E-state index in [-0.39, 0.29) is 17.2 Å². The largest absolute Gasteiger partial charge is 0.469 e. The molecule has 100 valence electrons. The van der Waals surface area contributed by atoms with Crippen LogP contribution in [0.2, 0.25) is 0 Å². The summed E-state index contributed by atoms with van der Waals surface area (Å²) in [6.07, 6.45) is 5.93. The van der Waals surface area contributed by atoms with Crippen molar-refractivity contribution in [3.63, 3.8) is 0 Å². The van der Waals surface area contributed by atoms with Crippen molar-refractivity contribution in [2.75, 3.05) is 7.11 Å². The van der Waals surface area contributed by atoms with Gasteiger partial charge in [0.05, 0.1) is 7.11 Å². The highest BCUT2D eigenvalue weighted by Crippen LogP contribution is 2.38. The van der Waals surface area contributed by atoms with Crippen molar-refractivity contribution in [1.29, 1.82) is 0 Å². The van der Waals surface area contributed by atoms with Gasteiger partial charge in [0.15, 0.2) is 5.78 Å². The van der Waals surface area contributed by atoms with Crippen LogP contribution in [0.25, 0.3) is 0 Å². The third kappa shape index (κ3) is 3.11. The molecule has 0 saturated carbocycles. The average molecular weight is 258 g/mol. The van der Waals surface area contributed by atoms with Crippen LogP contribution in [0.3, 0.4) is 0 Å². The third-order valence-corrected chi connectivity index (χ3v) is 3.76. The molecule has 0 heterocycles. The van der Waals surface area contributed by atoms with Gasteiger partial charge >= 0.3 is 5.97 Å². The van der Waals surface area contributed by atoms with Crippen molar-refractivity contribution in [2.24, 2.45) is 0 Å². The smallest absolute Gasteiger partial charge is 0.305 e. The minimum atomic E-state index is -0.219. The molecule has 0 fully saturated rings. The molecule has 1 aliphatic rings. The molecule has 0 N–H and O–H groups in total. The van der Waals surface area contributed by atoms with Crippen LogP contribution in [0.5, 0.6) is 0 Å². The minimum absolute atomic E-state index is 0.157. The maximum absolute atomic E-state index is 11.4. The van der Waals surface area contributed by atoms with Crippen LogP contribution in [0.1, 0.15) is 31.2 Å². The number of carbonyl (C=O) groups excluding carboxylic acids is 2. The van der Waals surface area contributed by atoms with Gasteiger partial charge in [-0.05, 0) is 24.5 Å². The zero-order chi connectivity index (χ0) is 13.7. The summed E-state index contributed by atoms with van der Waals surface area (Å²) in [4.78, 5) is 22.8. The summed E-state index contributed by atoms with van der Waals surface area (Å²) in [6.45, 7) is 0. The van der Waals surface area contributed by atoms with Gasteiger partial charge in [-0.3, -0.25) is 9.59 Å². The number of allylic oxidation sites excluding steroid dienone is 2. The van der Waals surface area contributed by atoms with Crippen molar-refractivity contribution in [3.8, 4) is 0 Å². The SMILES string of the molecule is COC(=O)CCC1(c2ccccc2)C=CC(=O)CC1.